The minimum atomic E-state index is -2.57. The fourth-order valence-corrected chi connectivity index (χ4v) is 4.91. The molecule has 0 saturated heterocycles. The van der Waals surface area contributed by atoms with E-state index in [1.807, 2.05) is 51.1 Å². The Morgan fingerprint density at radius 3 is 2.00 bits per heavy atom. The van der Waals surface area contributed by atoms with Crippen LogP contribution < -0.4 is 0 Å². The molecule has 0 unspecified atom stereocenters. The van der Waals surface area contributed by atoms with Crippen LogP contribution in [0.3, 0.4) is 0 Å². The van der Waals surface area contributed by atoms with Crippen LogP contribution in [0, 0.1) is 0 Å². The van der Waals surface area contributed by atoms with Gasteiger partial charge in [0.15, 0.2) is 5.05 Å². The highest BCUT2D eigenvalue weighted by Crippen LogP contribution is 2.18. The molecule has 1 aromatic carbocycles. The van der Waals surface area contributed by atoms with Gasteiger partial charge in [-0.05, 0) is 39.4 Å². The SMILES string of the molecule is CCO[Si](CCCOC(=S)c1ccccc1)(OCC)OCC. The first kappa shape index (κ1) is 19.3. The number of ether oxygens (including phenoxy) is 1. The van der Waals surface area contributed by atoms with Gasteiger partial charge in [-0.2, -0.15) is 0 Å². The van der Waals surface area contributed by atoms with Gasteiger partial charge >= 0.3 is 8.80 Å². The summed E-state index contributed by atoms with van der Waals surface area (Å²) >= 11 is 5.28. The second-order valence-electron chi connectivity index (χ2n) is 4.59. The van der Waals surface area contributed by atoms with Crippen LogP contribution >= 0.6 is 12.2 Å². The van der Waals surface area contributed by atoms with Crippen molar-refractivity contribution in [3.63, 3.8) is 0 Å². The monoisotopic (exact) mass is 342 g/mol. The predicted octanol–water partition coefficient (Wildman–Crippen LogP) is 3.82. The molecular weight excluding hydrogens is 316 g/mol. The molecule has 0 heterocycles. The molecule has 0 fully saturated rings. The second-order valence-corrected chi connectivity index (χ2v) is 7.69. The largest absolute Gasteiger partial charge is 0.501 e. The van der Waals surface area contributed by atoms with Crippen LogP contribution in [0.2, 0.25) is 6.04 Å². The van der Waals surface area contributed by atoms with Gasteiger partial charge in [-0.1, -0.05) is 30.3 Å². The molecule has 0 aliphatic rings. The first-order valence-electron chi connectivity index (χ1n) is 7.81. The van der Waals surface area contributed by atoms with E-state index in [0.717, 1.165) is 18.0 Å². The van der Waals surface area contributed by atoms with Gasteiger partial charge in [0.1, 0.15) is 0 Å². The van der Waals surface area contributed by atoms with Crippen molar-refractivity contribution in [3.05, 3.63) is 35.9 Å². The lowest BCUT2D eigenvalue weighted by atomic mass is 10.2. The molecule has 0 saturated carbocycles. The van der Waals surface area contributed by atoms with Crippen molar-refractivity contribution >= 4 is 26.1 Å². The van der Waals surface area contributed by atoms with Crippen molar-refractivity contribution in [1.29, 1.82) is 0 Å². The minimum Gasteiger partial charge on any atom is -0.483 e. The van der Waals surface area contributed by atoms with Gasteiger partial charge in [-0.15, -0.1) is 0 Å². The number of thiocarbonyl (C=S) groups is 1. The molecule has 4 nitrogen and oxygen atoms in total. The quantitative estimate of drug-likeness (QED) is 0.347. The van der Waals surface area contributed by atoms with Crippen molar-refractivity contribution < 1.29 is 18.0 Å². The van der Waals surface area contributed by atoms with E-state index in [1.165, 1.54) is 0 Å². The van der Waals surface area contributed by atoms with E-state index in [9.17, 15) is 0 Å². The average Bonchev–Trinajstić information content (AvgIpc) is 2.53. The van der Waals surface area contributed by atoms with Crippen LogP contribution in [0.1, 0.15) is 32.8 Å². The summed E-state index contributed by atoms with van der Waals surface area (Å²) in [6.45, 7) is 8.19. The Balaban J connectivity index is 2.43. The molecule has 22 heavy (non-hydrogen) atoms. The molecule has 0 aliphatic carbocycles. The summed E-state index contributed by atoms with van der Waals surface area (Å²) in [5, 5.41) is 0.525. The van der Waals surface area contributed by atoms with E-state index in [2.05, 4.69) is 0 Å². The summed E-state index contributed by atoms with van der Waals surface area (Å²) < 4.78 is 23.1. The van der Waals surface area contributed by atoms with Crippen LogP contribution in [0.4, 0.5) is 0 Å². The fourth-order valence-electron chi connectivity index (χ4n) is 2.11. The molecule has 0 radical (unpaired) electrons. The molecule has 6 heteroatoms. The highest BCUT2D eigenvalue weighted by molar-refractivity contribution is 7.80. The minimum absolute atomic E-state index is 0.525. The molecule has 0 spiro atoms. The lowest BCUT2D eigenvalue weighted by Crippen LogP contribution is -2.46. The number of rotatable bonds is 11. The first-order valence-corrected chi connectivity index (χ1v) is 10.2. The zero-order chi connectivity index (χ0) is 16.3. The van der Waals surface area contributed by atoms with Crippen LogP contribution in [0.15, 0.2) is 30.3 Å². The summed E-state index contributed by atoms with van der Waals surface area (Å²) in [5.41, 5.74) is 0.931. The van der Waals surface area contributed by atoms with Gasteiger partial charge in [0.05, 0.1) is 6.61 Å². The molecule has 0 aromatic heterocycles. The normalized spacial score (nSPS) is 11.4. The number of hydrogen-bond donors (Lipinski definition) is 0. The van der Waals surface area contributed by atoms with Gasteiger partial charge in [-0.25, -0.2) is 0 Å². The lowest BCUT2D eigenvalue weighted by molar-refractivity contribution is 0.0696. The van der Waals surface area contributed by atoms with E-state index in [0.29, 0.717) is 31.5 Å². The zero-order valence-electron chi connectivity index (χ0n) is 13.7. The number of benzene rings is 1. The predicted molar refractivity (Wildman–Crippen MR) is 94.2 cm³/mol. The first-order chi connectivity index (χ1) is 10.7. The van der Waals surface area contributed by atoms with Gasteiger partial charge in [0.2, 0.25) is 0 Å². The molecule has 0 atom stereocenters. The van der Waals surface area contributed by atoms with Crippen LogP contribution in [0.25, 0.3) is 0 Å². The fraction of sp³-hybridized carbons (Fsp3) is 0.562. The van der Waals surface area contributed by atoms with Gasteiger partial charge in [-0.3, -0.25) is 0 Å². The third kappa shape index (κ3) is 6.54. The van der Waals surface area contributed by atoms with Crippen molar-refractivity contribution in [3.8, 4) is 0 Å². The Bertz CT molecular complexity index is 410. The molecular formula is C16H26O4SSi. The summed E-state index contributed by atoms with van der Waals surface area (Å²) in [5.74, 6) is 0. The van der Waals surface area contributed by atoms with E-state index < -0.39 is 8.80 Å². The summed E-state index contributed by atoms with van der Waals surface area (Å²) in [6, 6.07) is 10.5. The Kier molecular flexibility index (Phi) is 9.50. The smallest absolute Gasteiger partial charge is 0.483 e. The molecule has 0 N–H and O–H groups in total. The van der Waals surface area contributed by atoms with Crippen LogP contribution in [0.5, 0.6) is 0 Å². The molecule has 124 valence electrons. The summed E-state index contributed by atoms with van der Waals surface area (Å²) in [7, 11) is -2.57. The summed E-state index contributed by atoms with van der Waals surface area (Å²) in [6.07, 6.45) is 0.791. The maximum Gasteiger partial charge on any atom is 0.501 e. The average molecular weight is 343 g/mol. The van der Waals surface area contributed by atoms with E-state index in [1.54, 1.807) is 0 Å². The summed E-state index contributed by atoms with van der Waals surface area (Å²) in [4.78, 5) is 0. The molecule has 0 amide bonds. The van der Waals surface area contributed by atoms with Gasteiger partial charge < -0.3 is 18.0 Å². The van der Waals surface area contributed by atoms with Crippen molar-refractivity contribution in [2.75, 3.05) is 26.4 Å². The second kappa shape index (κ2) is 10.9. The van der Waals surface area contributed by atoms with E-state index in [4.69, 9.17) is 30.2 Å². The maximum atomic E-state index is 5.81. The van der Waals surface area contributed by atoms with E-state index >= 15 is 0 Å². The third-order valence-electron chi connectivity index (χ3n) is 2.96. The maximum absolute atomic E-state index is 5.81. The van der Waals surface area contributed by atoms with Crippen molar-refractivity contribution in [2.45, 2.75) is 33.2 Å². The highest BCUT2D eigenvalue weighted by Gasteiger charge is 2.39. The zero-order valence-corrected chi connectivity index (χ0v) is 15.5. The standard InChI is InChI=1S/C16H26O4SSi/c1-4-18-22(19-5-2,20-6-3)14-10-13-17-16(21)15-11-8-7-9-12-15/h7-9,11-12H,4-6,10,13-14H2,1-3H3. The molecule has 0 aliphatic heterocycles. The van der Waals surface area contributed by atoms with Gasteiger partial charge in [0.25, 0.3) is 0 Å². The Morgan fingerprint density at radius 1 is 0.955 bits per heavy atom. The Morgan fingerprint density at radius 2 is 1.50 bits per heavy atom. The highest BCUT2D eigenvalue weighted by atomic mass is 32.1. The van der Waals surface area contributed by atoms with Gasteiger partial charge in [0, 0.05) is 31.4 Å². The lowest BCUT2D eigenvalue weighted by Gasteiger charge is -2.28. The molecule has 1 aromatic rings. The van der Waals surface area contributed by atoms with Crippen LogP contribution in [-0.2, 0) is 18.0 Å². The Labute approximate surface area is 140 Å². The topological polar surface area (TPSA) is 36.9 Å². The van der Waals surface area contributed by atoms with E-state index in [-0.39, 0.29) is 0 Å². The van der Waals surface area contributed by atoms with Crippen molar-refractivity contribution in [1.82, 2.24) is 0 Å². The Hall–Kier alpha value is -0.793. The molecule has 1 rings (SSSR count). The number of hydrogen-bond acceptors (Lipinski definition) is 5. The molecule has 0 bridgehead atoms. The van der Waals surface area contributed by atoms with Crippen LogP contribution in [-0.4, -0.2) is 40.3 Å². The third-order valence-corrected chi connectivity index (χ3v) is 6.47. The van der Waals surface area contributed by atoms with Crippen molar-refractivity contribution in [2.24, 2.45) is 0 Å².